The zero-order chi connectivity index (χ0) is 20.8. The fraction of sp³-hybridized carbons (Fsp3) is 0.500. The van der Waals surface area contributed by atoms with Gasteiger partial charge in [0.25, 0.3) is 5.91 Å². The molecule has 1 fully saturated rings. The summed E-state index contributed by atoms with van der Waals surface area (Å²) in [6.07, 6.45) is 2.55. The van der Waals surface area contributed by atoms with E-state index in [-0.39, 0.29) is 24.4 Å². The topological polar surface area (TPSA) is 104 Å². The lowest BCUT2D eigenvalue weighted by Gasteiger charge is -2.22. The maximum Gasteiger partial charge on any atom is 0.254 e. The number of carbonyl (C=O) groups excluding carboxylic acids is 2. The predicted octanol–water partition coefficient (Wildman–Crippen LogP) is 1.37. The van der Waals surface area contributed by atoms with Crippen LogP contribution in [0.5, 0.6) is 0 Å². The first-order valence-corrected chi connectivity index (χ1v) is 9.86. The van der Waals surface area contributed by atoms with Gasteiger partial charge in [0.1, 0.15) is 11.3 Å². The van der Waals surface area contributed by atoms with Gasteiger partial charge in [0.2, 0.25) is 5.91 Å². The number of carbonyl (C=O) groups is 2. The molecule has 1 aromatic heterocycles. The molecule has 2 aromatic rings. The highest BCUT2D eigenvalue weighted by atomic mass is 16.3. The number of likely N-dealkylation sites (tertiary alicyclic amines) is 1. The van der Waals surface area contributed by atoms with Crippen LogP contribution in [0.15, 0.2) is 24.4 Å². The van der Waals surface area contributed by atoms with Gasteiger partial charge in [0.15, 0.2) is 0 Å². The van der Waals surface area contributed by atoms with Crippen LogP contribution in [0.25, 0.3) is 0 Å². The summed E-state index contributed by atoms with van der Waals surface area (Å²) in [6, 6.07) is 5.47. The normalized spacial score (nSPS) is 21.9. The summed E-state index contributed by atoms with van der Waals surface area (Å²) < 4.78 is 1.70. The lowest BCUT2D eigenvalue weighted by Crippen LogP contribution is -2.34. The van der Waals surface area contributed by atoms with E-state index >= 15 is 0 Å². The lowest BCUT2D eigenvalue weighted by molar-refractivity contribution is -0.115. The highest BCUT2D eigenvalue weighted by Crippen LogP contribution is 2.33. The van der Waals surface area contributed by atoms with Crippen LogP contribution in [-0.2, 0) is 10.4 Å². The number of amides is 2. The fourth-order valence-electron chi connectivity index (χ4n) is 3.81. The van der Waals surface area contributed by atoms with Gasteiger partial charge in [-0.1, -0.05) is 5.21 Å². The van der Waals surface area contributed by atoms with Crippen molar-refractivity contribution in [1.82, 2.24) is 19.9 Å². The summed E-state index contributed by atoms with van der Waals surface area (Å²) >= 11 is 0. The molecule has 0 spiro atoms. The molecule has 9 heteroatoms. The van der Waals surface area contributed by atoms with E-state index in [1.165, 1.54) is 0 Å². The van der Waals surface area contributed by atoms with Gasteiger partial charge in [0, 0.05) is 44.6 Å². The highest BCUT2D eigenvalue weighted by Gasteiger charge is 2.42. The molecule has 1 unspecified atom stereocenters. The van der Waals surface area contributed by atoms with Crippen molar-refractivity contribution >= 4 is 23.2 Å². The smallest absolute Gasteiger partial charge is 0.254 e. The van der Waals surface area contributed by atoms with Crippen molar-refractivity contribution in [3.63, 3.8) is 0 Å². The Balaban J connectivity index is 1.54. The Hall–Kier alpha value is -2.94. The first-order valence-electron chi connectivity index (χ1n) is 9.86. The molecule has 2 N–H and O–H groups in total. The maximum absolute atomic E-state index is 13.1. The molecular formula is C20H26N6O3. The van der Waals surface area contributed by atoms with Gasteiger partial charge in [-0.3, -0.25) is 9.59 Å². The number of benzene rings is 1. The quantitative estimate of drug-likeness (QED) is 0.809. The molecule has 1 saturated heterocycles. The van der Waals surface area contributed by atoms with Crippen LogP contribution in [0, 0.1) is 0 Å². The minimum absolute atomic E-state index is 0.0658. The van der Waals surface area contributed by atoms with Crippen LogP contribution in [0.1, 0.15) is 48.8 Å². The Morgan fingerprint density at radius 1 is 1.31 bits per heavy atom. The van der Waals surface area contributed by atoms with Crippen molar-refractivity contribution in [2.24, 2.45) is 0 Å². The summed E-state index contributed by atoms with van der Waals surface area (Å²) in [6.45, 7) is 5.19. The number of anilines is 2. The molecule has 0 saturated carbocycles. The number of β-amino-alcohol motifs (C(OH)–C–C–N with tert-alkyl or cyclic N) is 1. The van der Waals surface area contributed by atoms with Crippen molar-refractivity contribution < 1.29 is 14.7 Å². The summed E-state index contributed by atoms with van der Waals surface area (Å²) in [4.78, 5) is 28.6. The summed E-state index contributed by atoms with van der Waals surface area (Å²) in [5.74, 6) is -0.245. The van der Waals surface area contributed by atoms with E-state index in [0.29, 0.717) is 42.9 Å². The van der Waals surface area contributed by atoms with Crippen molar-refractivity contribution in [2.75, 3.05) is 36.9 Å². The van der Waals surface area contributed by atoms with Gasteiger partial charge in [-0.25, -0.2) is 4.68 Å². The van der Waals surface area contributed by atoms with E-state index in [1.54, 1.807) is 27.9 Å². The second-order valence-corrected chi connectivity index (χ2v) is 8.14. The molecule has 2 aliphatic heterocycles. The van der Waals surface area contributed by atoms with E-state index in [2.05, 4.69) is 15.6 Å². The fourth-order valence-corrected chi connectivity index (χ4v) is 3.81. The summed E-state index contributed by atoms with van der Waals surface area (Å²) in [7, 11) is 1.92. The molecule has 4 rings (SSSR count). The minimum Gasteiger partial charge on any atom is -0.381 e. The van der Waals surface area contributed by atoms with Gasteiger partial charge in [-0.15, -0.1) is 5.10 Å². The number of rotatable bonds is 3. The van der Waals surface area contributed by atoms with Crippen LogP contribution in [0.2, 0.25) is 0 Å². The number of nitrogens with zero attached hydrogens (tertiary/aromatic N) is 5. The SMILES string of the molecule is CC(C)n1cc(C2(O)CCN(C(=O)c3ccc4c(c3)NC(=O)CCN4C)C2)nn1. The molecule has 1 atom stereocenters. The van der Waals surface area contributed by atoms with Crippen LogP contribution in [-0.4, -0.2) is 63.5 Å². The van der Waals surface area contributed by atoms with Crippen LogP contribution >= 0.6 is 0 Å². The van der Waals surface area contributed by atoms with Crippen molar-refractivity contribution in [3.8, 4) is 0 Å². The molecule has 9 nitrogen and oxygen atoms in total. The van der Waals surface area contributed by atoms with Crippen molar-refractivity contribution in [1.29, 1.82) is 0 Å². The van der Waals surface area contributed by atoms with Gasteiger partial charge in [-0.05, 0) is 32.0 Å². The molecule has 0 radical (unpaired) electrons. The number of aromatic nitrogens is 3. The number of nitrogens with one attached hydrogen (secondary N) is 1. The third kappa shape index (κ3) is 3.57. The predicted molar refractivity (Wildman–Crippen MR) is 108 cm³/mol. The zero-order valence-electron chi connectivity index (χ0n) is 16.9. The van der Waals surface area contributed by atoms with Gasteiger partial charge < -0.3 is 20.2 Å². The van der Waals surface area contributed by atoms with E-state index < -0.39 is 5.60 Å². The molecule has 0 aliphatic carbocycles. The second kappa shape index (κ2) is 7.14. The average Bonchev–Trinajstić information content (AvgIpc) is 3.31. The summed E-state index contributed by atoms with van der Waals surface area (Å²) in [5, 5.41) is 22.1. The molecule has 154 valence electrons. The lowest BCUT2D eigenvalue weighted by atomic mass is 10.00. The molecular weight excluding hydrogens is 372 g/mol. The minimum atomic E-state index is -1.21. The molecule has 0 bridgehead atoms. The molecule has 29 heavy (non-hydrogen) atoms. The second-order valence-electron chi connectivity index (χ2n) is 8.14. The Bertz CT molecular complexity index is 955. The Morgan fingerprint density at radius 2 is 2.10 bits per heavy atom. The third-order valence-electron chi connectivity index (χ3n) is 5.65. The number of hydrogen-bond donors (Lipinski definition) is 2. The van der Waals surface area contributed by atoms with E-state index in [0.717, 1.165) is 5.69 Å². The monoisotopic (exact) mass is 398 g/mol. The van der Waals surface area contributed by atoms with Gasteiger partial charge in [-0.2, -0.15) is 0 Å². The molecule has 3 heterocycles. The van der Waals surface area contributed by atoms with Crippen LogP contribution in [0.3, 0.4) is 0 Å². The largest absolute Gasteiger partial charge is 0.381 e. The average molecular weight is 398 g/mol. The van der Waals surface area contributed by atoms with Crippen LogP contribution < -0.4 is 10.2 Å². The number of hydrogen-bond acceptors (Lipinski definition) is 6. The van der Waals surface area contributed by atoms with Gasteiger partial charge in [0.05, 0.1) is 24.1 Å². The standard InChI is InChI=1S/C20H26N6O3/c1-13(2)26-11-17(22-23-26)20(29)7-9-25(12-20)19(28)14-4-5-16-15(10-14)21-18(27)6-8-24(16)3/h4-5,10-11,13,29H,6-9,12H2,1-3H3,(H,21,27). The third-order valence-corrected chi connectivity index (χ3v) is 5.65. The Morgan fingerprint density at radius 3 is 2.83 bits per heavy atom. The van der Waals surface area contributed by atoms with Gasteiger partial charge >= 0.3 is 0 Å². The molecule has 1 aromatic carbocycles. The number of fused-ring (bicyclic) bond motifs is 1. The Kier molecular flexibility index (Phi) is 4.77. The maximum atomic E-state index is 13.1. The van der Waals surface area contributed by atoms with E-state index in [1.807, 2.05) is 31.9 Å². The van der Waals surface area contributed by atoms with Crippen molar-refractivity contribution in [3.05, 3.63) is 35.7 Å². The molecule has 2 amide bonds. The van der Waals surface area contributed by atoms with Crippen molar-refractivity contribution in [2.45, 2.75) is 38.3 Å². The summed E-state index contributed by atoms with van der Waals surface area (Å²) in [5.41, 5.74) is 1.28. The highest BCUT2D eigenvalue weighted by molar-refractivity contribution is 6.01. The Labute approximate surface area is 169 Å². The van der Waals surface area contributed by atoms with E-state index in [4.69, 9.17) is 0 Å². The van der Waals surface area contributed by atoms with Crippen LogP contribution in [0.4, 0.5) is 11.4 Å². The number of aliphatic hydroxyl groups is 1. The zero-order valence-corrected chi connectivity index (χ0v) is 16.9. The first-order chi connectivity index (χ1) is 13.8. The molecule has 2 aliphatic rings. The van der Waals surface area contributed by atoms with E-state index in [9.17, 15) is 14.7 Å². The first kappa shape index (κ1) is 19.4.